The van der Waals surface area contributed by atoms with E-state index in [0.717, 1.165) is 16.9 Å². The molecule has 1 N–H and O–H groups in total. The molecule has 0 aliphatic carbocycles. The van der Waals surface area contributed by atoms with Crippen molar-refractivity contribution in [1.82, 2.24) is 9.78 Å². The van der Waals surface area contributed by atoms with Crippen LogP contribution in [0.5, 0.6) is 5.75 Å². The number of rotatable bonds is 7. The minimum atomic E-state index is -0.444. The van der Waals surface area contributed by atoms with Crippen LogP contribution in [0.25, 0.3) is 0 Å². The van der Waals surface area contributed by atoms with Gasteiger partial charge in [-0.15, -0.1) is 0 Å². The first-order chi connectivity index (χ1) is 15.0. The largest absolute Gasteiger partial charge is 0.485 e. The first kappa shape index (κ1) is 21.0. The van der Waals surface area contributed by atoms with Gasteiger partial charge in [-0.3, -0.25) is 9.48 Å². The fraction of sp³-hybridized carbons (Fsp3) is 0.130. The molecule has 0 fully saturated rings. The molecule has 158 valence electrons. The molecule has 4 rings (SSSR count). The summed E-state index contributed by atoms with van der Waals surface area (Å²) in [5.41, 5.74) is 2.03. The Labute approximate surface area is 189 Å². The van der Waals surface area contributed by atoms with Crippen LogP contribution in [0.4, 0.5) is 5.82 Å². The van der Waals surface area contributed by atoms with Gasteiger partial charge in [-0.1, -0.05) is 53.5 Å². The second-order valence-corrected chi connectivity index (χ2v) is 7.77. The molecule has 0 spiro atoms. The zero-order valence-corrected chi connectivity index (χ0v) is 18.2. The van der Waals surface area contributed by atoms with Crippen LogP contribution < -0.4 is 10.1 Å². The summed E-state index contributed by atoms with van der Waals surface area (Å²) >= 11 is 12.1. The number of carbonyl (C=O) groups excluding carboxylic acids is 1. The lowest BCUT2D eigenvalue weighted by atomic mass is 10.2. The van der Waals surface area contributed by atoms with Crippen molar-refractivity contribution >= 4 is 34.9 Å². The summed E-state index contributed by atoms with van der Waals surface area (Å²) in [4.78, 5) is 12.5. The maximum atomic E-state index is 12.5. The zero-order chi connectivity index (χ0) is 21.8. The molecule has 2 aromatic carbocycles. The molecule has 8 heteroatoms. The molecule has 0 radical (unpaired) electrons. The van der Waals surface area contributed by atoms with Gasteiger partial charge < -0.3 is 14.5 Å². The smallest absolute Gasteiger partial charge is 0.292 e. The number of anilines is 1. The Morgan fingerprint density at radius 1 is 1.10 bits per heavy atom. The van der Waals surface area contributed by atoms with Crippen LogP contribution >= 0.6 is 23.2 Å². The average Bonchev–Trinajstić information content (AvgIpc) is 3.36. The van der Waals surface area contributed by atoms with Crippen LogP contribution in [0.2, 0.25) is 10.0 Å². The Balaban J connectivity index is 1.38. The number of benzene rings is 2. The predicted molar refractivity (Wildman–Crippen MR) is 120 cm³/mol. The number of nitrogens with one attached hydrogen (secondary N) is 1. The molecule has 31 heavy (non-hydrogen) atoms. The van der Waals surface area contributed by atoms with E-state index in [4.69, 9.17) is 32.4 Å². The number of furan rings is 1. The fourth-order valence-electron chi connectivity index (χ4n) is 2.95. The van der Waals surface area contributed by atoms with E-state index in [2.05, 4.69) is 10.4 Å². The van der Waals surface area contributed by atoms with Crippen LogP contribution in [0.1, 0.15) is 27.4 Å². The number of halogens is 2. The van der Waals surface area contributed by atoms with Crippen molar-refractivity contribution in [3.05, 3.63) is 99.6 Å². The van der Waals surface area contributed by atoms with Crippen molar-refractivity contribution in [1.29, 1.82) is 0 Å². The van der Waals surface area contributed by atoms with Crippen molar-refractivity contribution in [2.24, 2.45) is 0 Å². The number of para-hydroxylation sites is 1. The Morgan fingerprint density at radius 2 is 1.87 bits per heavy atom. The van der Waals surface area contributed by atoms with Crippen molar-refractivity contribution in [3.63, 3.8) is 0 Å². The average molecular weight is 456 g/mol. The molecular weight excluding hydrogens is 437 g/mol. The molecule has 6 nitrogen and oxygen atoms in total. The molecule has 0 bridgehead atoms. The Kier molecular flexibility index (Phi) is 6.30. The highest BCUT2D eigenvalue weighted by atomic mass is 35.5. The quantitative estimate of drug-likeness (QED) is 0.372. The number of aromatic nitrogens is 2. The monoisotopic (exact) mass is 455 g/mol. The highest BCUT2D eigenvalue weighted by Crippen LogP contribution is 2.22. The summed E-state index contributed by atoms with van der Waals surface area (Å²) in [5, 5.41) is 8.01. The van der Waals surface area contributed by atoms with Gasteiger partial charge in [0.15, 0.2) is 11.6 Å². The topological polar surface area (TPSA) is 69.3 Å². The van der Waals surface area contributed by atoms with Gasteiger partial charge in [-0.05, 0) is 48.4 Å². The van der Waals surface area contributed by atoms with E-state index in [-0.39, 0.29) is 18.2 Å². The lowest BCUT2D eigenvalue weighted by Crippen LogP contribution is -2.12. The second kappa shape index (κ2) is 9.29. The van der Waals surface area contributed by atoms with Crippen molar-refractivity contribution in [2.45, 2.75) is 20.1 Å². The zero-order valence-electron chi connectivity index (χ0n) is 16.6. The van der Waals surface area contributed by atoms with Gasteiger partial charge in [0.2, 0.25) is 0 Å². The van der Waals surface area contributed by atoms with E-state index in [1.165, 1.54) is 0 Å². The highest BCUT2D eigenvalue weighted by Gasteiger charge is 2.16. The van der Waals surface area contributed by atoms with Gasteiger partial charge >= 0.3 is 0 Å². The van der Waals surface area contributed by atoms with Gasteiger partial charge in [0.25, 0.3) is 5.91 Å². The van der Waals surface area contributed by atoms with E-state index in [1.807, 2.05) is 55.5 Å². The van der Waals surface area contributed by atoms with E-state index in [0.29, 0.717) is 22.4 Å². The lowest BCUT2D eigenvalue weighted by Gasteiger charge is -2.06. The van der Waals surface area contributed by atoms with Gasteiger partial charge in [0.1, 0.15) is 23.1 Å². The van der Waals surface area contributed by atoms with Crippen LogP contribution in [0, 0.1) is 6.92 Å². The van der Waals surface area contributed by atoms with Crippen molar-refractivity contribution < 1.29 is 13.9 Å². The molecule has 0 atom stereocenters. The molecule has 0 saturated carbocycles. The summed E-state index contributed by atoms with van der Waals surface area (Å²) in [6.45, 7) is 2.68. The molecule has 2 heterocycles. The number of carbonyl (C=O) groups is 1. The highest BCUT2D eigenvalue weighted by molar-refractivity contribution is 6.33. The maximum absolute atomic E-state index is 12.5. The number of amides is 1. The number of nitrogens with zero attached hydrogens (tertiary/aromatic N) is 2. The first-order valence-electron chi connectivity index (χ1n) is 9.54. The van der Waals surface area contributed by atoms with Gasteiger partial charge in [0.05, 0.1) is 6.54 Å². The first-order valence-corrected chi connectivity index (χ1v) is 10.3. The SMILES string of the molecule is Cc1ccccc1OCc1ccc(C(=O)Nc2nn(Cc3ccc(Cl)cc3)cc2Cl)o1. The molecule has 1 amide bonds. The predicted octanol–water partition coefficient (Wildman–Crippen LogP) is 5.97. The Bertz CT molecular complexity index is 1200. The van der Waals surface area contributed by atoms with Crippen LogP contribution in [-0.4, -0.2) is 15.7 Å². The summed E-state index contributed by atoms with van der Waals surface area (Å²) in [6, 6.07) is 18.4. The van der Waals surface area contributed by atoms with E-state index < -0.39 is 5.91 Å². The summed E-state index contributed by atoms with van der Waals surface area (Å²) in [6.07, 6.45) is 1.65. The third kappa shape index (κ3) is 5.29. The standard InChI is InChI=1S/C23H19Cl2N3O3/c1-15-4-2-3-5-20(15)30-14-18-10-11-21(31-18)23(29)26-22-19(25)13-28(27-22)12-16-6-8-17(24)9-7-16/h2-11,13H,12,14H2,1H3,(H,26,27,29). The number of aryl methyl sites for hydroxylation is 1. The second-order valence-electron chi connectivity index (χ2n) is 6.92. The summed E-state index contributed by atoms with van der Waals surface area (Å²) in [5.74, 6) is 1.26. The fourth-order valence-corrected chi connectivity index (χ4v) is 3.28. The molecule has 4 aromatic rings. The number of hydrogen-bond acceptors (Lipinski definition) is 4. The molecule has 0 saturated heterocycles. The molecular formula is C23H19Cl2N3O3. The minimum absolute atomic E-state index is 0.145. The van der Waals surface area contributed by atoms with Crippen molar-refractivity contribution in [3.8, 4) is 5.75 Å². The van der Waals surface area contributed by atoms with Gasteiger partial charge in [0, 0.05) is 11.2 Å². The van der Waals surface area contributed by atoms with E-state index in [9.17, 15) is 4.79 Å². The van der Waals surface area contributed by atoms with E-state index in [1.54, 1.807) is 23.0 Å². The third-order valence-electron chi connectivity index (χ3n) is 4.56. The van der Waals surface area contributed by atoms with Crippen LogP contribution in [-0.2, 0) is 13.2 Å². The van der Waals surface area contributed by atoms with Gasteiger partial charge in [-0.25, -0.2) is 0 Å². The number of hydrogen-bond donors (Lipinski definition) is 1. The van der Waals surface area contributed by atoms with E-state index >= 15 is 0 Å². The van der Waals surface area contributed by atoms with Crippen LogP contribution in [0.15, 0.2) is 71.3 Å². The van der Waals surface area contributed by atoms with Crippen LogP contribution in [0.3, 0.4) is 0 Å². The molecule has 0 unspecified atom stereocenters. The third-order valence-corrected chi connectivity index (χ3v) is 5.08. The van der Waals surface area contributed by atoms with Gasteiger partial charge in [-0.2, -0.15) is 5.10 Å². The number of ether oxygens (including phenoxy) is 1. The maximum Gasteiger partial charge on any atom is 0.292 e. The normalized spacial score (nSPS) is 10.8. The summed E-state index contributed by atoms with van der Waals surface area (Å²) < 4.78 is 13.0. The summed E-state index contributed by atoms with van der Waals surface area (Å²) in [7, 11) is 0. The Hall–Kier alpha value is -3.22. The lowest BCUT2D eigenvalue weighted by molar-refractivity contribution is 0.0992. The molecule has 2 aromatic heterocycles. The van der Waals surface area contributed by atoms with Crippen molar-refractivity contribution in [2.75, 3.05) is 5.32 Å². The molecule has 0 aliphatic heterocycles. The molecule has 0 aliphatic rings. The Morgan fingerprint density at radius 3 is 2.65 bits per heavy atom. The minimum Gasteiger partial charge on any atom is -0.485 e.